The number of hydrogen-bond acceptors (Lipinski definition) is 3. The summed E-state index contributed by atoms with van der Waals surface area (Å²) >= 11 is 0. The SMILES string of the molecule is Fc1ccc(-n2cc(CN3CCc4c([nH]c5ccccc45)C3)nn2)cc1. The standard InChI is InChI=1S/C20H18FN5/c21-14-5-7-16(8-6-14)26-12-15(23-24-26)11-25-10-9-18-17-3-1-2-4-19(17)22-20(18)13-25/h1-8,12,22H,9-11,13H2. The van der Waals surface area contributed by atoms with Crippen LogP contribution in [0.1, 0.15) is 17.0 Å². The summed E-state index contributed by atoms with van der Waals surface area (Å²) in [5, 5.41) is 9.78. The van der Waals surface area contributed by atoms with E-state index in [-0.39, 0.29) is 5.82 Å². The van der Waals surface area contributed by atoms with Gasteiger partial charge in [-0.3, -0.25) is 4.90 Å². The van der Waals surface area contributed by atoms with Crippen molar-refractivity contribution >= 4 is 10.9 Å². The maximum atomic E-state index is 13.1. The van der Waals surface area contributed by atoms with E-state index in [0.717, 1.165) is 37.4 Å². The predicted octanol–water partition coefficient (Wildman–Crippen LogP) is 3.45. The molecule has 3 heterocycles. The fourth-order valence-corrected chi connectivity index (χ4v) is 3.70. The number of aromatic nitrogens is 4. The van der Waals surface area contributed by atoms with Gasteiger partial charge in [-0.05, 0) is 42.3 Å². The molecule has 0 atom stereocenters. The third-order valence-corrected chi connectivity index (χ3v) is 4.98. The molecule has 4 aromatic rings. The Labute approximate surface area is 150 Å². The summed E-state index contributed by atoms with van der Waals surface area (Å²) in [6.45, 7) is 2.63. The van der Waals surface area contributed by atoms with Crippen molar-refractivity contribution in [2.24, 2.45) is 0 Å². The lowest BCUT2D eigenvalue weighted by Crippen LogP contribution is -2.30. The van der Waals surface area contributed by atoms with Gasteiger partial charge < -0.3 is 4.98 Å². The Hall–Kier alpha value is -2.99. The largest absolute Gasteiger partial charge is 0.357 e. The number of benzene rings is 2. The number of aromatic amines is 1. The van der Waals surface area contributed by atoms with Gasteiger partial charge in [0.2, 0.25) is 0 Å². The molecular formula is C20H18FN5. The first-order valence-electron chi connectivity index (χ1n) is 8.74. The van der Waals surface area contributed by atoms with E-state index in [4.69, 9.17) is 0 Å². The van der Waals surface area contributed by atoms with Crippen LogP contribution in [-0.2, 0) is 19.5 Å². The minimum absolute atomic E-state index is 0.253. The van der Waals surface area contributed by atoms with Crippen molar-refractivity contribution < 1.29 is 4.39 Å². The summed E-state index contributed by atoms with van der Waals surface area (Å²) in [5.74, 6) is -0.253. The lowest BCUT2D eigenvalue weighted by Gasteiger charge is -2.25. The Morgan fingerprint density at radius 2 is 1.92 bits per heavy atom. The molecule has 5 rings (SSSR count). The topological polar surface area (TPSA) is 49.7 Å². The number of hydrogen-bond donors (Lipinski definition) is 1. The second-order valence-corrected chi connectivity index (χ2v) is 6.72. The van der Waals surface area contributed by atoms with Crippen LogP contribution in [0.3, 0.4) is 0 Å². The quantitative estimate of drug-likeness (QED) is 0.618. The molecule has 6 heteroatoms. The second-order valence-electron chi connectivity index (χ2n) is 6.72. The molecule has 1 aliphatic heterocycles. The zero-order valence-electron chi connectivity index (χ0n) is 14.2. The van der Waals surface area contributed by atoms with Crippen molar-refractivity contribution in [2.45, 2.75) is 19.5 Å². The van der Waals surface area contributed by atoms with Gasteiger partial charge in [0, 0.05) is 36.2 Å². The summed E-state index contributed by atoms with van der Waals surface area (Å²) in [4.78, 5) is 5.92. The zero-order chi connectivity index (χ0) is 17.5. The van der Waals surface area contributed by atoms with Crippen molar-refractivity contribution in [1.82, 2.24) is 24.9 Å². The van der Waals surface area contributed by atoms with E-state index in [9.17, 15) is 4.39 Å². The van der Waals surface area contributed by atoms with Crippen LogP contribution in [0.4, 0.5) is 4.39 Å². The van der Waals surface area contributed by atoms with Gasteiger partial charge in [-0.2, -0.15) is 0 Å². The fraction of sp³-hybridized carbons (Fsp3) is 0.200. The van der Waals surface area contributed by atoms with Crippen LogP contribution in [0.5, 0.6) is 0 Å². The Balaban J connectivity index is 1.34. The predicted molar refractivity (Wildman–Crippen MR) is 97.4 cm³/mol. The number of fused-ring (bicyclic) bond motifs is 3. The van der Waals surface area contributed by atoms with Gasteiger partial charge in [-0.15, -0.1) is 5.10 Å². The molecule has 0 amide bonds. The first-order valence-corrected chi connectivity index (χ1v) is 8.74. The molecule has 130 valence electrons. The molecule has 1 aliphatic rings. The molecule has 0 unspecified atom stereocenters. The molecular weight excluding hydrogens is 329 g/mol. The number of nitrogens with zero attached hydrogens (tertiary/aromatic N) is 4. The van der Waals surface area contributed by atoms with E-state index in [0.29, 0.717) is 0 Å². The molecule has 2 aromatic carbocycles. The number of nitrogens with one attached hydrogen (secondary N) is 1. The zero-order valence-corrected chi connectivity index (χ0v) is 14.2. The average molecular weight is 347 g/mol. The second kappa shape index (κ2) is 6.07. The van der Waals surface area contributed by atoms with Gasteiger partial charge >= 0.3 is 0 Å². The van der Waals surface area contributed by atoms with Gasteiger partial charge in [0.25, 0.3) is 0 Å². The van der Waals surface area contributed by atoms with Crippen LogP contribution in [0.25, 0.3) is 16.6 Å². The Morgan fingerprint density at radius 1 is 1.08 bits per heavy atom. The van der Waals surface area contributed by atoms with E-state index < -0.39 is 0 Å². The van der Waals surface area contributed by atoms with Crippen molar-refractivity contribution in [3.63, 3.8) is 0 Å². The number of para-hydroxylation sites is 1. The van der Waals surface area contributed by atoms with Crippen LogP contribution in [0.2, 0.25) is 0 Å². The van der Waals surface area contributed by atoms with E-state index in [1.165, 1.54) is 34.3 Å². The minimum atomic E-state index is -0.253. The van der Waals surface area contributed by atoms with E-state index in [1.54, 1.807) is 16.8 Å². The molecule has 2 aromatic heterocycles. The first-order chi connectivity index (χ1) is 12.8. The molecule has 0 saturated carbocycles. The van der Waals surface area contributed by atoms with E-state index >= 15 is 0 Å². The summed E-state index contributed by atoms with van der Waals surface area (Å²) < 4.78 is 14.7. The molecule has 0 aliphatic carbocycles. The summed E-state index contributed by atoms with van der Waals surface area (Å²) in [6, 6.07) is 14.7. The van der Waals surface area contributed by atoms with E-state index in [1.807, 2.05) is 6.20 Å². The van der Waals surface area contributed by atoms with Crippen molar-refractivity contribution in [3.05, 3.63) is 77.5 Å². The summed E-state index contributed by atoms with van der Waals surface area (Å²) in [6.07, 6.45) is 2.94. The fourth-order valence-electron chi connectivity index (χ4n) is 3.70. The van der Waals surface area contributed by atoms with Crippen molar-refractivity contribution in [1.29, 1.82) is 0 Å². The Morgan fingerprint density at radius 3 is 2.81 bits per heavy atom. The molecule has 0 spiro atoms. The summed E-state index contributed by atoms with van der Waals surface area (Å²) in [5.41, 5.74) is 5.66. The molecule has 1 N–H and O–H groups in total. The lowest BCUT2D eigenvalue weighted by molar-refractivity contribution is 0.240. The highest BCUT2D eigenvalue weighted by atomic mass is 19.1. The highest BCUT2D eigenvalue weighted by Crippen LogP contribution is 2.27. The highest BCUT2D eigenvalue weighted by Gasteiger charge is 2.21. The van der Waals surface area contributed by atoms with E-state index in [2.05, 4.69) is 44.5 Å². The maximum Gasteiger partial charge on any atom is 0.123 e. The third-order valence-electron chi connectivity index (χ3n) is 4.98. The van der Waals surface area contributed by atoms with Gasteiger partial charge in [0.1, 0.15) is 5.82 Å². The van der Waals surface area contributed by atoms with Crippen LogP contribution < -0.4 is 0 Å². The van der Waals surface area contributed by atoms with Crippen LogP contribution in [0.15, 0.2) is 54.7 Å². The summed E-state index contributed by atoms with van der Waals surface area (Å²) in [7, 11) is 0. The van der Waals surface area contributed by atoms with Crippen LogP contribution in [0, 0.1) is 5.82 Å². The van der Waals surface area contributed by atoms with Crippen LogP contribution in [-0.4, -0.2) is 31.4 Å². The number of H-pyrrole nitrogens is 1. The van der Waals surface area contributed by atoms with Crippen LogP contribution >= 0.6 is 0 Å². The third kappa shape index (κ3) is 2.68. The molecule has 5 nitrogen and oxygen atoms in total. The molecule has 0 fully saturated rings. The number of halogens is 1. The smallest absolute Gasteiger partial charge is 0.123 e. The van der Waals surface area contributed by atoms with Crippen molar-refractivity contribution in [3.8, 4) is 5.69 Å². The maximum absolute atomic E-state index is 13.1. The normalized spacial score (nSPS) is 14.7. The highest BCUT2D eigenvalue weighted by molar-refractivity contribution is 5.84. The van der Waals surface area contributed by atoms with Gasteiger partial charge in [0.05, 0.1) is 17.6 Å². The molecule has 0 saturated heterocycles. The molecule has 26 heavy (non-hydrogen) atoms. The average Bonchev–Trinajstić information content (AvgIpc) is 3.26. The minimum Gasteiger partial charge on any atom is -0.357 e. The first kappa shape index (κ1) is 15.3. The molecule has 0 radical (unpaired) electrons. The lowest BCUT2D eigenvalue weighted by atomic mass is 10.0. The van der Waals surface area contributed by atoms with Gasteiger partial charge in [-0.1, -0.05) is 23.4 Å². The monoisotopic (exact) mass is 347 g/mol. The van der Waals surface area contributed by atoms with Crippen molar-refractivity contribution in [2.75, 3.05) is 6.54 Å². The molecule has 0 bridgehead atoms. The Bertz CT molecular complexity index is 1060. The van der Waals surface area contributed by atoms with Gasteiger partial charge in [0.15, 0.2) is 0 Å². The van der Waals surface area contributed by atoms with Gasteiger partial charge in [-0.25, -0.2) is 9.07 Å². The number of rotatable bonds is 3. The Kier molecular flexibility index (Phi) is 3.57.